The first-order valence-corrected chi connectivity index (χ1v) is 5.91. The number of rotatable bonds is 5. The average Bonchev–Trinajstić information content (AvgIpc) is 2.86. The second kappa shape index (κ2) is 4.80. The topological polar surface area (TPSA) is 59.1 Å². The van der Waals surface area contributed by atoms with Crippen molar-refractivity contribution in [3.8, 4) is 0 Å². The fourth-order valence-corrected chi connectivity index (χ4v) is 1.86. The van der Waals surface area contributed by atoms with E-state index in [-0.39, 0.29) is 12.2 Å². The van der Waals surface area contributed by atoms with E-state index in [4.69, 9.17) is 14.6 Å². The van der Waals surface area contributed by atoms with E-state index in [1.165, 1.54) is 0 Å². The highest BCUT2D eigenvalue weighted by atomic mass is 127. The van der Waals surface area contributed by atoms with Gasteiger partial charge in [-0.05, 0) is 23.5 Å². The molecule has 1 aliphatic heterocycles. The molecular weight excluding hydrogens is 311 g/mol. The summed E-state index contributed by atoms with van der Waals surface area (Å²) >= 11 is 2.14. The Morgan fingerprint density at radius 2 is 2.40 bits per heavy atom. The maximum absolute atomic E-state index is 10.8. The molecule has 1 rings (SSSR count). The molecule has 1 saturated heterocycles. The smallest absolute Gasteiger partial charge is 0.338 e. The lowest BCUT2D eigenvalue weighted by atomic mass is 10.0. The molecule has 0 amide bonds. The molecular formula is C10H15IO4. The summed E-state index contributed by atoms with van der Waals surface area (Å²) in [4.78, 5) is 10.8. The van der Waals surface area contributed by atoms with Crippen molar-refractivity contribution in [1.82, 2.24) is 0 Å². The van der Waals surface area contributed by atoms with Crippen molar-refractivity contribution < 1.29 is 19.4 Å². The molecule has 1 N–H and O–H groups in total. The number of methoxy groups -OCH3 is 1. The van der Waals surface area contributed by atoms with E-state index in [1.54, 1.807) is 14.0 Å². The van der Waals surface area contributed by atoms with E-state index in [2.05, 4.69) is 22.6 Å². The minimum absolute atomic E-state index is 0.0620. The molecule has 0 aliphatic carbocycles. The van der Waals surface area contributed by atoms with Gasteiger partial charge in [0.15, 0.2) is 5.60 Å². The van der Waals surface area contributed by atoms with E-state index in [0.29, 0.717) is 6.42 Å². The highest BCUT2D eigenvalue weighted by Gasteiger charge is 2.59. The molecule has 5 heteroatoms. The molecule has 0 bridgehead atoms. The number of aliphatic carboxylic acids is 1. The summed E-state index contributed by atoms with van der Waals surface area (Å²) in [7, 11) is 1.62. The van der Waals surface area contributed by atoms with Gasteiger partial charge in [-0.15, -0.1) is 0 Å². The van der Waals surface area contributed by atoms with Crippen molar-refractivity contribution in [2.45, 2.75) is 38.1 Å². The Morgan fingerprint density at radius 1 is 1.80 bits per heavy atom. The monoisotopic (exact) mass is 326 g/mol. The normalized spacial score (nSPS) is 32.5. The van der Waals surface area contributed by atoms with Crippen LogP contribution in [0.5, 0.6) is 0 Å². The second-order valence-electron chi connectivity index (χ2n) is 3.83. The Bertz CT molecular complexity index is 289. The molecule has 0 saturated carbocycles. The Kier molecular flexibility index (Phi) is 4.13. The molecule has 0 radical (unpaired) electrons. The fourth-order valence-electron chi connectivity index (χ4n) is 1.46. The van der Waals surface area contributed by atoms with Gasteiger partial charge in [0.05, 0.1) is 6.10 Å². The maximum atomic E-state index is 10.8. The number of halogens is 1. The first kappa shape index (κ1) is 12.9. The minimum atomic E-state index is -1.01. The number of epoxide rings is 1. The van der Waals surface area contributed by atoms with Gasteiger partial charge in [-0.3, -0.25) is 0 Å². The number of carboxylic acids is 1. The highest BCUT2D eigenvalue weighted by molar-refractivity contribution is 14.1. The van der Waals surface area contributed by atoms with Crippen LogP contribution in [0.3, 0.4) is 0 Å². The van der Waals surface area contributed by atoms with Gasteiger partial charge in [0.2, 0.25) is 0 Å². The van der Waals surface area contributed by atoms with Crippen LogP contribution in [0.1, 0.15) is 20.3 Å². The van der Waals surface area contributed by atoms with Crippen LogP contribution in [0.15, 0.2) is 9.66 Å². The number of hydrogen-bond donors (Lipinski definition) is 1. The van der Waals surface area contributed by atoms with Gasteiger partial charge in [0.1, 0.15) is 6.10 Å². The van der Waals surface area contributed by atoms with Crippen molar-refractivity contribution in [3.63, 3.8) is 0 Å². The van der Waals surface area contributed by atoms with Gasteiger partial charge < -0.3 is 14.6 Å². The molecule has 4 nitrogen and oxygen atoms in total. The number of carboxylic acid groups (broad SMARTS) is 1. The Balaban J connectivity index is 2.54. The van der Waals surface area contributed by atoms with Crippen LogP contribution in [0.4, 0.5) is 0 Å². The van der Waals surface area contributed by atoms with Crippen LogP contribution >= 0.6 is 22.6 Å². The molecule has 0 spiro atoms. The summed E-state index contributed by atoms with van der Waals surface area (Å²) in [6, 6.07) is 0. The van der Waals surface area contributed by atoms with E-state index in [0.717, 1.165) is 5.57 Å². The van der Waals surface area contributed by atoms with E-state index in [9.17, 15) is 4.79 Å². The maximum Gasteiger partial charge on any atom is 0.338 e. The third-order valence-corrected chi connectivity index (χ3v) is 3.74. The molecule has 0 unspecified atom stereocenters. The Hall–Kier alpha value is -0.140. The zero-order valence-electron chi connectivity index (χ0n) is 8.99. The van der Waals surface area contributed by atoms with E-state index < -0.39 is 11.6 Å². The van der Waals surface area contributed by atoms with Gasteiger partial charge in [-0.1, -0.05) is 22.6 Å². The third-order valence-electron chi connectivity index (χ3n) is 2.76. The Labute approximate surface area is 103 Å². The molecule has 1 aliphatic rings. The predicted molar refractivity (Wildman–Crippen MR) is 64.1 cm³/mol. The van der Waals surface area contributed by atoms with Crippen LogP contribution < -0.4 is 0 Å². The van der Waals surface area contributed by atoms with Gasteiger partial charge in [-0.25, -0.2) is 4.79 Å². The first-order valence-electron chi connectivity index (χ1n) is 4.66. The van der Waals surface area contributed by atoms with Gasteiger partial charge in [0, 0.05) is 13.5 Å². The summed E-state index contributed by atoms with van der Waals surface area (Å²) in [5.74, 6) is -0.904. The quantitative estimate of drug-likeness (QED) is 0.620. The first-order chi connectivity index (χ1) is 6.95. The van der Waals surface area contributed by atoms with Crippen molar-refractivity contribution in [1.29, 1.82) is 0 Å². The standard InChI is InChI=1S/C10H15IO4/c1-6(5-11)7(14-3)4-8-10(2,15-8)9(12)13/h5,7-8H,4H2,1-3H3,(H,12,13)/b6-5+/t7-,8+,10-/m1/s1. The molecule has 0 aromatic heterocycles. The molecule has 1 fully saturated rings. The summed E-state index contributed by atoms with van der Waals surface area (Å²) in [6.07, 6.45) is 0.282. The molecule has 0 aromatic carbocycles. The van der Waals surface area contributed by atoms with Crippen molar-refractivity contribution in [2.24, 2.45) is 0 Å². The van der Waals surface area contributed by atoms with Crippen molar-refractivity contribution in [3.05, 3.63) is 9.66 Å². The minimum Gasteiger partial charge on any atom is -0.479 e. The largest absolute Gasteiger partial charge is 0.479 e. The van der Waals surface area contributed by atoms with Crippen molar-refractivity contribution in [2.75, 3.05) is 7.11 Å². The number of ether oxygens (including phenoxy) is 2. The molecule has 86 valence electrons. The summed E-state index contributed by atoms with van der Waals surface area (Å²) in [5.41, 5.74) is 0.0730. The van der Waals surface area contributed by atoms with Gasteiger partial charge >= 0.3 is 5.97 Å². The molecule has 15 heavy (non-hydrogen) atoms. The molecule has 1 heterocycles. The SMILES string of the molecule is CO[C@H](C[C@@H]1O[C@@]1(C)C(=O)O)/C(C)=C/I. The van der Waals surface area contributed by atoms with Crippen LogP contribution in [0.2, 0.25) is 0 Å². The zero-order valence-corrected chi connectivity index (χ0v) is 11.1. The van der Waals surface area contributed by atoms with Crippen LogP contribution in [-0.4, -0.2) is 36.0 Å². The Morgan fingerprint density at radius 3 is 2.73 bits per heavy atom. The van der Waals surface area contributed by atoms with Crippen molar-refractivity contribution >= 4 is 28.6 Å². The molecule has 3 atom stereocenters. The lowest BCUT2D eigenvalue weighted by Gasteiger charge is -2.14. The van der Waals surface area contributed by atoms with Crippen LogP contribution in [0, 0.1) is 0 Å². The zero-order chi connectivity index (χ0) is 11.6. The van der Waals surface area contributed by atoms with Crippen LogP contribution in [-0.2, 0) is 14.3 Å². The second-order valence-corrected chi connectivity index (χ2v) is 4.45. The average molecular weight is 326 g/mol. The summed E-state index contributed by atoms with van der Waals surface area (Å²) < 4.78 is 12.4. The lowest BCUT2D eigenvalue weighted by Crippen LogP contribution is -2.25. The summed E-state index contributed by atoms with van der Waals surface area (Å²) in [5, 5.41) is 8.88. The number of carbonyl (C=O) groups is 1. The van der Waals surface area contributed by atoms with E-state index in [1.807, 2.05) is 11.0 Å². The summed E-state index contributed by atoms with van der Waals surface area (Å²) in [6.45, 7) is 3.55. The van der Waals surface area contributed by atoms with Gasteiger partial charge in [0.25, 0.3) is 0 Å². The fraction of sp³-hybridized carbons (Fsp3) is 0.700. The lowest BCUT2D eigenvalue weighted by molar-refractivity contribution is -0.142. The molecule has 0 aromatic rings. The highest BCUT2D eigenvalue weighted by Crippen LogP contribution is 2.40. The van der Waals surface area contributed by atoms with Crippen LogP contribution in [0.25, 0.3) is 0 Å². The third kappa shape index (κ3) is 2.70. The predicted octanol–water partition coefficient (Wildman–Crippen LogP) is 1.97. The van der Waals surface area contributed by atoms with E-state index >= 15 is 0 Å². The number of hydrogen-bond acceptors (Lipinski definition) is 3. The van der Waals surface area contributed by atoms with Gasteiger partial charge in [-0.2, -0.15) is 0 Å².